The Kier molecular flexibility index (Phi) is 8.48. The standard InChI is InChI=1S/C43H36N2O2/c1-29-18-19-34-14-8-16-38(46-42(44)35-24-20-32(21-25-35)30-10-4-2-5-11-30)40(34)41-37(28-29)15-9-17-39(41)47-43(45)36-26-22-33(23-27-36)31-12-6-3-7-13-31/h2-17,20-27,29,44-45H,18-19,28H2,1H3/t29-/m1/s1. The zero-order valence-corrected chi connectivity index (χ0v) is 26.4. The minimum Gasteiger partial charge on any atom is -0.438 e. The molecule has 0 fully saturated rings. The van der Waals surface area contributed by atoms with Crippen molar-refractivity contribution in [2.45, 2.75) is 26.2 Å². The highest BCUT2D eigenvalue weighted by molar-refractivity contribution is 5.97. The Labute approximate surface area is 276 Å². The van der Waals surface area contributed by atoms with Crippen LogP contribution in [-0.2, 0) is 12.8 Å². The van der Waals surface area contributed by atoms with E-state index in [1.54, 1.807) is 0 Å². The van der Waals surface area contributed by atoms with Crippen LogP contribution in [0.25, 0.3) is 33.4 Å². The molecule has 1 aliphatic rings. The molecule has 6 aromatic rings. The number of nitrogens with one attached hydrogen (secondary N) is 2. The van der Waals surface area contributed by atoms with E-state index < -0.39 is 0 Å². The fraction of sp³-hybridized carbons (Fsp3) is 0.116. The molecule has 0 saturated carbocycles. The third-order valence-corrected chi connectivity index (χ3v) is 8.88. The zero-order chi connectivity index (χ0) is 32.2. The van der Waals surface area contributed by atoms with Gasteiger partial charge in [-0.1, -0.05) is 116 Å². The van der Waals surface area contributed by atoms with Gasteiger partial charge in [-0.15, -0.1) is 0 Å². The molecule has 4 heteroatoms. The Hall–Kier alpha value is -5.74. The van der Waals surface area contributed by atoms with Crippen molar-refractivity contribution in [1.29, 1.82) is 10.8 Å². The molecular formula is C43H36N2O2. The van der Waals surface area contributed by atoms with Gasteiger partial charge in [0.2, 0.25) is 11.8 Å². The fourth-order valence-electron chi connectivity index (χ4n) is 6.38. The lowest BCUT2D eigenvalue weighted by molar-refractivity contribution is 0.514. The first-order valence-electron chi connectivity index (χ1n) is 16.1. The average molecular weight is 613 g/mol. The third-order valence-electron chi connectivity index (χ3n) is 8.88. The van der Waals surface area contributed by atoms with Gasteiger partial charge >= 0.3 is 0 Å². The molecule has 0 saturated heterocycles. The van der Waals surface area contributed by atoms with Gasteiger partial charge in [-0.3, -0.25) is 10.8 Å². The van der Waals surface area contributed by atoms with Gasteiger partial charge in [-0.05, 0) is 95.0 Å². The van der Waals surface area contributed by atoms with Gasteiger partial charge in [-0.2, -0.15) is 0 Å². The summed E-state index contributed by atoms with van der Waals surface area (Å²) in [5.41, 5.74) is 10.0. The Balaban J connectivity index is 1.21. The van der Waals surface area contributed by atoms with E-state index in [1.165, 1.54) is 0 Å². The molecule has 1 atom stereocenters. The van der Waals surface area contributed by atoms with Gasteiger partial charge in [-0.25, -0.2) is 0 Å². The number of fused-ring (bicyclic) bond motifs is 3. The van der Waals surface area contributed by atoms with Crippen molar-refractivity contribution in [1.82, 2.24) is 0 Å². The second-order valence-corrected chi connectivity index (χ2v) is 12.2. The summed E-state index contributed by atoms with van der Waals surface area (Å²) in [7, 11) is 0. The minimum absolute atomic E-state index is 0.0827. The minimum atomic E-state index is 0.0827. The zero-order valence-electron chi connectivity index (χ0n) is 26.4. The van der Waals surface area contributed by atoms with Crippen molar-refractivity contribution in [3.05, 3.63) is 168 Å². The molecule has 7 rings (SSSR count). The summed E-state index contributed by atoms with van der Waals surface area (Å²) in [5.74, 6) is 1.88. The fourth-order valence-corrected chi connectivity index (χ4v) is 6.38. The Bertz CT molecular complexity index is 2030. The van der Waals surface area contributed by atoms with E-state index in [1.807, 2.05) is 109 Å². The molecule has 0 aromatic heterocycles. The third kappa shape index (κ3) is 6.49. The highest BCUT2D eigenvalue weighted by Gasteiger charge is 2.25. The highest BCUT2D eigenvalue weighted by atomic mass is 16.5. The van der Waals surface area contributed by atoms with Crippen LogP contribution in [0.4, 0.5) is 0 Å². The summed E-state index contributed by atoms with van der Waals surface area (Å²) in [6.07, 6.45) is 2.82. The average Bonchev–Trinajstić information content (AvgIpc) is 3.11. The van der Waals surface area contributed by atoms with Crippen LogP contribution in [0.5, 0.6) is 11.5 Å². The molecule has 0 heterocycles. The second-order valence-electron chi connectivity index (χ2n) is 12.2. The Morgan fingerprint density at radius 1 is 0.489 bits per heavy atom. The number of benzene rings is 6. The van der Waals surface area contributed by atoms with Crippen LogP contribution in [0.15, 0.2) is 146 Å². The normalized spacial score (nSPS) is 13.8. The van der Waals surface area contributed by atoms with Crippen LogP contribution < -0.4 is 9.47 Å². The molecular weight excluding hydrogens is 576 g/mol. The summed E-state index contributed by atoms with van der Waals surface area (Å²) in [5, 5.41) is 17.9. The van der Waals surface area contributed by atoms with E-state index in [-0.39, 0.29) is 11.8 Å². The van der Waals surface area contributed by atoms with E-state index in [9.17, 15) is 0 Å². The first kappa shape index (κ1) is 29.9. The molecule has 1 aliphatic carbocycles. The summed E-state index contributed by atoms with van der Waals surface area (Å²) in [6, 6.07) is 48.5. The lowest BCUT2D eigenvalue weighted by atomic mass is 9.83. The highest BCUT2D eigenvalue weighted by Crippen LogP contribution is 2.45. The van der Waals surface area contributed by atoms with E-state index in [2.05, 4.69) is 43.3 Å². The predicted molar refractivity (Wildman–Crippen MR) is 192 cm³/mol. The monoisotopic (exact) mass is 612 g/mol. The Morgan fingerprint density at radius 3 is 1.40 bits per heavy atom. The summed E-state index contributed by atoms with van der Waals surface area (Å²) in [6.45, 7) is 2.29. The molecule has 230 valence electrons. The van der Waals surface area contributed by atoms with Crippen molar-refractivity contribution >= 4 is 11.8 Å². The second kappa shape index (κ2) is 13.3. The molecule has 0 bridgehead atoms. The largest absolute Gasteiger partial charge is 0.438 e. The maximum Gasteiger partial charge on any atom is 0.219 e. The van der Waals surface area contributed by atoms with Crippen LogP contribution >= 0.6 is 0 Å². The first-order valence-corrected chi connectivity index (χ1v) is 16.1. The van der Waals surface area contributed by atoms with Crippen LogP contribution in [-0.4, -0.2) is 11.8 Å². The van der Waals surface area contributed by atoms with E-state index in [4.69, 9.17) is 20.3 Å². The van der Waals surface area contributed by atoms with Crippen LogP contribution in [0, 0.1) is 16.7 Å². The number of hydrogen-bond donors (Lipinski definition) is 2. The smallest absolute Gasteiger partial charge is 0.219 e. The molecule has 0 spiro atoms. The van der Waals surface area contributed by atoms with Crippen molar-refractivity contribution in [3.8, 4) is 44.9 Å². The maximum atomic E-state index is 8.95. The van der Waals surface area contributed by atoms with E-state index in [0.717, 1.165) is 63.8 Å². The molecule has 2 N–H and O–H groups in total. The molecule has 0 radical (unpaired) electrons. The van der Waals surface area contributed by atoms with Crippen LogP contribution in [0.3, 0.4) is 0 Å². The van der Waals surface area contributed by atoms with Crippen molar-refractivity contribution < 1.29 is 9.47 Å². The summed E-state index contributed by atoms with van der Waals surface area (Å²) < 4.78 is 12.8. The van der Waals surface area contributed by atoms with Crippen molar-refractivity contribution in [2.75, 3.05) is 0 Å². The van der Waals surface area contributed by atoms with Crippen LogP contribution in [0.2, 0.25) is 0 Å². The lowest BCUT2D eigenvalue weighted by Gasteiger charge is -2.25. The van der Waals surface area contributed by atoms with Crippen molar-refractivity contribution in [2.24, 2.45) is 5.92 Å². The maximum absolute atomic E-state index is 8.95. The molecule has 0 amide bonds. The first-order chi connectivity index (χ1) is 23.0. The molecule has 47 heavy (non-hydrogen) atoms. The Morgan fingerprint density at radius 2 is 0.915 bits per heavy atom. The van der Waals surface area contributed by atoms with Gasteiger partial charge in [0, 0.05) is 22.3 Å². The molecule has 6 aromatic carbocycles. The van der Waals surface area contributed by atoms with Gasteiger partial charge < -0.3 is 9.47 Å². The number of aryl methyl sites for hydroxylation is 1. The van der Waals surface area contributed by atoms with Gasteiger partial charge in [0.15, 0.2) is 0 Å². The summed E-state index contributed by atoms with van der Waals surface area (Å²) >= 11 is 0. The molecule has 0 aliphatic heterocycles. The van der Waals surface area contributed by atoms with Crippen molar-refractivity contribution in [3.63, 3.8) is 0 Å². The topological polar surface area (TPSA) is 66.2 Å². The summed E-state index contributed by atoms with van der Waals surface area (Å²) in [4.78, 5) is 0. The number of ether oxygens (including phenoxy) is 2. The predicted octanol–water partition coefficient (Wildman–Crippen LogP) is 10.6. The van der Waals surface area contributed by atoms with E-state index >= 15 is 0 Å². The van der Waals surface area contributed by atoms with Gasteiger partial charge in [0.05, 0.1) is 0 Å². The van der Waals surface area contributed by atoms with Gasteiger partial charge in [0.1, 0.15) is 11.5 Å². The molecule has 0 unspecified atom stereocenters. The van der Waals surface area contributed by atoms with E-state index in [0.29, 0.717) is 28.5 Å². The van der Waals surface area contributed by atoms with Gasteiger partial charge in [0.25, 0.3) is 0 Å². The number of hydrogen-bond acceptors (Lipinski definition) is 4. The number of rotatable bonds is 6. The quantitative estimate of drug-likeness (QED) is 0.145. The molecule has 4 nitrogen and oxygen atoms in total. The van der Waals surface area contributed by atoms with Crippen LogP contribution in [0.1, 0.15) is 35.6 Å². The SMILES string of the molecule is C[C@@H]1CCc2cccc(OC(=N)c3ccc(-c4ccccc4)cc3)c2-c2c(cccc2OC(=N)c2ccc(-c3ccccc3)cc2)C1. The lowest BCUT2D eigenvalue weighted by Crippen LogP contribution is -2.14.